The average Bonchev–Trinajstić information content (AvgIpc) is 3.28. The molecule has 5 nitrogen and oxygen atoms in total. The Morgan fingerprint density at radius 2 is 2.05 bits per heavy atom. The number of amides is 1. The van der Waals surface area contributed by atoms with Crippen molar-refractivity contribution < 1.29 is 19.4 Å². The zero-order valence-corrected chi connectivity index (χ0v) is 12.2. The third kappa shape index (κ3) is 4.48. The number of carboxylic acid groups (broad SMARTS) is 1. The standard InChI is InChI=1S/C16H21NO4/c1-2-9-17(10-15(18)19)16(20)13-5-3-4-6-14(13)21-11-12-7-8-12/h3-6,12H,2,7-11H2,1H3,(H,18,19). The molecule has 114 valence electrons. The van der Waals surface area contributed by atoms with E-state index in [0.717, 1.165) is 0 Å². The summed E-state index contributed by atoms with van der Waals surface area (Å²) in [6, 6.07) is 7.04. The molecular formula is C16H21NO4. The van der Waals surface area contributed by atoms with Crippen LogP contribution in [0.2, 0.25) is 0 Å². The van der Waals surface area contributed by atoms with Crippen LogP contribution in [0.4, 0.5) is 0 Å². The number of ether oxygens (including phenoxy) is 1. The normalized spacial score (nSPS) is 13.8. The van der Waals surface area contributed by atoms with E-state index in [4.69, 9.17) is 9.84 Å². The van der Waals surface area contributed by atoms with Crippen LogP contribution in [-0.2, 0) is 4.79 Å². The SMILES string of the molecule is CCCN(CC(=O)O)C(=O)c1ccccc1OCC1CC1. The minimum atomic E-state index is -1.01. The first-order valence-corrected chi connectivity index (χ1v) is 7.34. The average molecular weight is 291 g/mol. The fourth-order valence-electron chi connectivity index (χ4n) is 2.12. The van der Waals surface area contributed by atoms with Crippen LogP contribution < -0.4 is 4.74 Å². The number of rotatable bonds is 8. The van der Waals surface area contributed by atoms with Gasteiger partial charge >= 0.3 is 5.97 Å². The van der Waals surface area contributed by atoms with Crippen molar-refractivity contribution in [1.82, 2.24) is 4.90 Å². The highest BCUT2D eigenvalue weighted by Crippen LogP contribution is 2.30. The number of nitrogens with zero attached hydrogens (tertiary/aromatic N) is 1. The summed E-state index contributed by atoms with van der Waals surface area (Å²) in [7, 11) is 0. The lowest BCUT2D eigenvalue weighted by Gasteiger charge is -2.21. The molecule has 0 heterocycles. The lowest BCUT2D eigenvalue weighted by molar-refractivity contribution is -0.137. The number of hydrogen-bond acceptors (Lipinski definition) is 3. The maximum atomic E-state index is 12.5. The van der Waals surface area contributed by atoms with E-state index >= 15 is 0 Å². The predicted molar refractivity (Wildman–Crippen MR) is 78.5 cm³/mol. The Balaban J connectivity index is 2.12. The maximum absolute atomic E-state index is 12.5. The fraction of sp³-hybridized carbons (Fsp3) is 0.500. The Morgan fingerprint density at radius 1 is 1.33 bits per heavy atom. The quantitative estimate of drug-likeness (QED) is 0.798. The van der Waals surface area contributed by atoms with Crippen LogP contribution in [0.1, 0.15) is 36.5 Å². The smallest absolute Gasteiger partial charge is 0.323 e. The topological polar surface area (TPSA) is 66.8 Å². The van der Waals surface area contributed by atoms with Gasteiger partial charge in [0, 0.05) is 6.54 Å². The van der Waals surface area contributed by atoms with Crippen LogP contribution in [0.5, 0.6) is 5.75 Å². The van der Waals surface area contributed by atoms with Gasteiger partial charge in [-0.3, -0.25) is 9.59 Å². The number of carbonyl (C=O) groups excluding carboxylic acids is 1. The van der Waals surface area contributed by atoms with Crippen LogP contribution in [0, 0.1) is 5.92 Å². The van der Waals surface area contributed by atoms with Gasteiger partial charge in [-0.2, -0.15) is 0 Å². The van der Waals surface area contributed by atoms with Gasteiger partial charge in [-0.15, -0.1) is 0 Å². The van der Waals surface area contributed by atoms with Crippen LogP contribution in [0.15, 0.2) is 24.3 Å². The van der Waals surface area contributed by atoms with Crippen molar-refractivity contribution in [1.29, 1.82) is 0 Å². The molecule has 5 heteroatoms. The summed E-state index contributed by atoms with van der Waals surface area (Å²) in [5.41, 5.74) is 0.438. The van der Waals surface area contributed by atoms with Crippen molar-refractivity contribution in [2.75, 3.05) is 19.7 Å². The zero-order chi connectivity index (χ0) is 15.2. The highest BCUT2D eigenvalue weighted by molar-refractivity contribution is 5.98. The van der Waals surface area contributed by atoms with Gasteiger partial charge in [-0.25, -0.2) is 0 Å². The number of para-hydroxylation sites is 1. The Hall–Kier alpha value is -2.04. The third-order valence-electron chi connectivity index (χ3n) is 3.40. The van der Waals surface area contributed by atoms with Crippen LogP contribution in [0.3, 0.4) is 0 Å². The summed E-state index contributed by atoms with van der Waals surface area (Å²) >= 11 is 0. The summed E-state index contributed by atoms with van der Waals surface area (Å²) in [5, 5.41) is 8.93. The molecule has 1 aromatic carbocycles. The molecular weight excluding hydrogens is 270 g/mol. The molecule has 1 aliphatic rings. The monoisotopic (exact) mass is 291 g/mol. The van der Waals surface area contributed by atoms with Gasteiger partial charge in [0.05, 0.1) is 12.2 Å². The Morgan fingerprint density at radius 3 is 2.67 bits per heavy atom. The molecule has 0 radical (unpaired) electrons. The zero-order valence-electron chi connectivity index (χ0n) is 12.2. The molecule has 1 aromatic rings. The van der Waals surface area contributed by atoms with Crippen molar-refractivity contribution in [3.8, 4) is 5.75 Å². The molecule has 1 amide bonds. The number of benzene rings is 1. The van der Waals surface area contributed by atoms with E-state index in [1.807, 2.05) is 13.0 Å². The van der Waals surface area contributed by atoms with E-state index in [0.29, 0.717) is 36.8 Å². The molecule has 2 rings (SSSR count). The summed E-state index contributed by atoms with van der Waals surface area (Å²) in [6.45, 7) is 2.67. The van der Waals surface area contributed by atoms with E-state index in [1.54, 1.807) is 18.2 Å². The number of hydrogen-bond donors (Lipinski definition) is 1. The minimum absolute atomic E-state index is 0.286. The summed E-state index contributed by atoms with van der Waals surface area (Å²) in [5.74, 6) is -0.154. The molecule has 0 aromatic heterocycles. The van der Waals surface area contributed by atoms with E-state index in [1.165, 1.54) is 17.7 Å². The van der Waals surface area contributed by atoms with Crippen molar-refractivity contribution in [3.05, 3.63) is 29.8 Å². The van der Waals surface area contributed by atoms with Crippen LogP contribution in [-0.4, -0.2) is 41.6 Å². The molecule has 0 unspecified atom stereocenters. The molecule has 1 saturated carbocycles. The molecule has 1 N–H and O–H groups in total. The van der Waals surface area contributed by atoms with Gasteiger partial charge in [0.1, 0.15) is 12.3 Å². The fourth-order valence-corrected chi connectivity index (χ4v) is 2.12. The lowest BCUT2D eigenvalue weighted by atomic mass is 10.1. The summed E-state index contributed by atoms with van der Waals surface area (Å²) in [4.78, 5) is 24.8. The van der Waals surface area contributed by atoms with Crippen LogP contribution in [0.25, 0.3) is 0 Å². The molecule has 0 aliphatic heterocycles. The largest absolute Gasteiger partial charge is 0.492 e. The highest BCUT2D eigenvalue weighted by Gasteiger charge is 2.24. The Bertz CT molecular complexity index is 511. The first-order chi connectivity index (χ1) is 10.1. The first-order valence-electron chi connectivity index (χ1n) is 7.34. The van der Waals surface area contributed by atoms with Gasteiger partial charge in [0.25, 0.3) is 5.91 Å². The van der Waals surface area contributed by atoms with E-state index in [2.05, 4.69) is 0 Å². The van der Waals surface area contributed by atoms with Crippen molar-refractivity contribution in [3.63, 3.8) is 0 Å². The first kappa shape index (κ1) is 15.4. The number of carbonyl (C=O) groups is 2. The second kappa shape index (κ2) is 7.11. The lowest BCUT2D eigenvalue weighted by Crippen LogP contribution is -2.36. The number of carboxylic acids is 1. The van der Waals surface area contributed by atoms with Gasteiger partial charge in [0.2, 0.25) is 0 Å². The highest BCUT2D eigenvalue weighted by atomic mass is 16.5. The molecule has 0 bridgehead atoms. The molecule has 0 spiro atoms. The summed E-state index contributed by atoms with van der Waals surface area (Å²) in [6.07, 6.45) is 3.07. The van der Waals surface area contributed by atoms with E-state index in [-0.39, 0.29) is 12.5 Å². The van der Waals surface area contributed by atoms with E-state index in [9.17, 15) is 9.59 Å². The Kier molecular flexibility index (Phi) is 5.20. The van der Waals surface area contributed by atoms with Gasteiger partial charge in [-0.05, 0) is 37.3 Å². The predicted octanol–water partition coefficient (Wildman–Crippen LogP) is 2.41. The second-order valence-electron chi connectivity index (χ2n) is 5.37. The molecule has 1 aliphatic carbocycles. The molecule has 0 atom stereocenters. The minimum Gasteiger partial charge on any atom is -0.492 e. The van der Waals surface area contributed by atoms with Gasteiger partial charge in [-0.1, -0.05) is 19.1 Å². The van der Waals surface area contributed by atoms with Crippen molar-refractivity contribution >= 4 is 11.9 Å². The van der Waals surface area contributed by atoms with Crippen molar-refractivity contribution in [2.24, 2.45) is 5.92 Å². The van der Waals surface area contributed by atoms with Crippen molar-refractivity contribution in [2.45, 2.75) is 26.2 Å². The summed E-state index contributed by atoms with van der Waals surface area (Å²) < 4.78 is 5.72. The maximum Gasteiger partial charge on any atom is 0.323 e. The second-order valence-corrected chi connectivity index (χ2v) is 5.37. The third-order valence-corrected chi connectivity index (χ3v) is 3.40. The Labute approximate surface area is 124 Å². The number of aliphatic carboxylic acids is 1. The van der Waals surface area contributed by atoms with Gasteiger partial charge < -0.3 is 14.7 Å². The van der Waals surface area contributed by atoms with Gasteiger partial charge in [0.15, 0.2) is 0 Å². The molecule has 0 saturated heterocycles. The molecule has 1 fully saturated rings. The van der Waals surface area contributed by atoms with Crippen LogP contribution >= 0.6 is 0 Å². The van der Waals surface area contributed by atoms with E-state index < -0.39 is 5.97 Å². The molecule has 21 heavy (non-hydrogen) atoms.